The molecule has 220 valence electrons. The number of likely N-dealkylation sites (N-methyl/N-ethyl adjacent to an activating group) is 1. The Kier molecular flexibility index (Phi) is 8.96. The van der Waals surface area contributed by atoms with Crippen molar-refractivity contribution >= 4 is 29.3 Å². The molecule has 0 bridgehead atoms. The number of amides is 1. The van der Waals surface area contributed by atoms with Crippen LogP contribution in [0.1, 0.15) is 63.7 Å². The second-order valence-electron chi connectivity index (χ2n) is 10.7. The smallest absolute Gasteiger partial charge is 0.410 e. The van der Waals surface area contributed by atoms with Gasteiger partial charge < -0.3 is 20.3 Å². The van der Waals surface area contributed by atoms with Crippen LogP contribution >= 0.6 is 11.6 Å². The highest BCUT2D eigenvalue weighted by Crippen LogP contribution is 2.38. The highest BCUT2D eigenvalue weighted by atomic mass is 35.5. The summed E-state index contributed by atoms with van der Waals surface area (Å²) in [7, 11) is 1.54. The largest absolute Gasteiger partial charge is 0.415 e. The fourth-order valence-electron chi connectivity index (χ4n) is 5.81. The predicted octanol–water partition coefficient (Wildman–Crippen LogP) is 5.33. The minimum Gasteiger partial charge on any atom is -0.410 e. The van der Waals surface area contributed by atoms with Gasteiger partial charge in [-0.3, -0.25) is 14.6 Å². The Labute approximate surface area is 247 Å². The topological polar surface area (TPSA) is 101 Å². The van der Waals surface area contributed by atoms with Gasteiger partial charge in [0.05, 0.1) is 28.4 Å². The molecule has 1 aromatic heterocycles. The molecule has 42 heavy (non-hydrogen) atoms. The number of Topliss-reactive ketones (excluding diaryl/α,β-unsaturated/α-hetero) is 2. The molecule has 11 heteroatoms. The van der Waals surface area contributed by atoms with Gasteiger partial charge in [-0.2, -0.15) is 0 Å². The van der Waals surface area contributed by atoms with E-state index in [1.165, 1.54) is 42.2 Å². The fraction of sp³-hybridized carbons (Fsp3) is 0.355. The molecule has 2 N–H and O–H groups in total. The summed E-state index contributed by atoms with van der Waals surface area (Å²) in [6.45, 7) is 2.48. The van der Waals surface area contributed by atoms with E-state index in [0.717, 1.165) is 5.69 Å². The number of carbonyl (C=O) groups is 3. The van der Waals surface area contributed by atoms with E-state index >= 15 is 4.39 Å². The van der Waals surface area contributed by atoms with Crippen LogP contribution in [0.3, 0.4) is 0 Å². The first kappa shape index (κ1) is 29.8. The Morgan fingerprint density at radius 3 is 2.55 bits per heavy atom. The van der Waals surface area contributed by atoms with E-state index in [1.54, 1.807) is 13.2 Å². The van der Waals surface area contributed by atoms with Crippen molar-refractivity contribution in [1.82, 2.24) is 20.5 Å². The first-order valence-electron chi connectivity index (χ1n) is 13.8. The quantitative estimate of drug-likeness (QED) is 0.356. The molecule has 0 saturated carbocycles. The van der Waals surface area contributed by atoms with Crippen molar-refractivity contribution in [3.8, 4) is 5.75 Å². The van der Waals surface area contributed by atoms with E-state index in [1.807, 2.05) is 18.2 Å². The van der Waals surface area contributed by atoms with Crippen molar-refractivity contribution in [1.29, 1.82) is 0 Å². The van der Waals surface area contributed by atoms with E-state index in [-0.39, 0.29) is 22.9 Å². The molecule has 0 spiro atoms. The van der Waals surface area contributed by atoms with Crippen LogP contribution in [0.5, 0.6) is 5.75 Å². The lowest BCUT2D eigenvalue weighted by atomic mass is 9.79. The van der Waals surface area contributed by atoms with Gasteiger partial charge >= 0.3 is 6.09 Å². The second kappa shape index (κ2) is 12.6. The lowest BCUT2D eigenvalue weighted by Gasteiger charge is -2.32. The van der Waals surface area contributed by atoms with Crippen molar-refractivity contribution < 1.29 is 27.9 Å². The molecule has 3 aromatic rings. The standard InChI is InChI=1S/C31H31ClF2N4O4/c1-17(39)21-14-22(23-15-35-16-26(23)38(2)31(41)42-20-8-6-19(33)7-9-20)27(29(34)28(21)32)30(40)18-10-12-37-25(13-18)24-5-3-4-11-36-24/h3-9,11,14,18,23,25-26,35,37H,10,12-13,15-16H2,1-2H3/t18?,23-,25?,26+/m0/s1. The number of nitrogens with zero attached hydrogens (tertiary/aromatic N) is 2. The number of pyridine rings is 1. The summed E-state index contributed by atoms with van der Waals surface area (Å²) in [6.07, 6.45) is 1.89. The third-order valence-electron chi connectivity index (χ3n) is 8.07. The van der Waals surface area contributed by atoms with Crippen molar-refractivity contribution in [2.75, 3.05) is 26.7 Å². The highest BCUT2D eigenvalue weighted by molar-refractivity contribution is 6.34. The summed E-state index contributed by atoms with van der Waals surface area (Å²) in [6, 6.07) is 11.4. The molecule has 5 rings (SSSR count). The Bertz CT molecular complexity index is 1490. The number of ether oxygens (including phenoxy) is 1. The van der Waals surface area contributed by atoms with Crippen LogP contribution in [0.25, 0.3) is 0 Å². The Balaban J connectivity index is 1.48. The minimum absolute atomic E-state index is 0.0282. The monoisotopic (exact) mass is 596 g/mol. The average molecular weight is 597 g/mol. The molecule has 3 heterocycles. The number of nitrogens with one attached hydrogen (secondary N) is 2. The zero-order chi connectivity index (χ0) is 30.0. The Morgan fingerprint density at radius 1 is 1.10 bits per heavy atom. The number of hydrogen-bond donors (Lipinski definition) is 2. The lowest BCUT2D eigenvalue weighted by Crippen LogP contribution is -2.43. The summed E-state index contributed by atoms with van der Waals surface area (Å²) < 4.78 is 34.8. The van der Waals surface area contributed by atoms with Crippen LogP contribution < -0.4 is 15.4 Å². The predicted molar refractivity (Wildman–Crippen MR) is 153 cm³/mol. The lowest BCUT2D eigenvalue weighted by molar-refractivity contribution is 0.0870. The van der Waals surface area contributed by atoms with Crippen LogP contribution in [-0.4, -0.2) is 60.3 Å². The van der Waals surface area contributed by atoms with Crippen LogP contribution in [-0.2, 0) is 0 Å². The molecule has 4 atom stereocenters. The van der Waals surface area contributed by atoms with E-state index in [4.69, 9.17) is 16.3 Å². The zero-order valence-corrected chi connectivity index (χ0v) is 24.0. The van der Waals surface area contributed by atoms with Crippen molar-refractivity contribution in [2.24, 2.45) is 5.92 Å². The summed E-state index contributed by atoms with van der Waals surface area (Å²) in [5.41, 5.74) is 0.925. The van der Waals surface area contributed by atoms with Crippen LogP contribution in [0.2, 0.25) is 5.02 Å². The van der Waals surface area contributed by atoms with Gasteiger partial charge in [-0.15, -0.1) is 0 Å². The van der Waals surface area contributed by atoms with Crippen molar-refractivity contribution in [3.05, 3.63) is 93.8 Å². The van der Waals surface area contributed by atoms with Crippen LogP contribution in [0, 0.1) is 17.6 Å². The summed E-state index contributed by atoms with van der Waals surface area (Å²) in [4.78, 5) is 45.4. The number of benzene rings is 2. The normalized spacial score (nSPS) is 22.0. The maximum Gasteiger partial charge on any atom is 0.415 e. The third kappa shape index (κ3) is 6.06. The van der Waals surface area contributed by atoms with Crippen LogP contribution in [0.15, 0.2) is 54.7 Å². The number of rotatable bonds is 7. The molecule has 1 amide bonds. The zero-order valence-electron chi connectivity index (χ0n) is 23.2. The van der Waals surface area contributed by atoms with E-state index in [2.05, 4.69) is 15.6 Å². The Hall–Kier alpha value is -3.73. The molecule has 0 aliphatic carbocycles. The maximum atomic E-state index is 16.1. The maximum absolute atomic E-state index is 16.1. The number of piperidine rings is 1. The molecule has 2 aliphatic heterocycles. The number of carbonyl (C=O) groups excluding carboxylic acids is 3. The Morgan fingerprint density at radius 2 is 1.86 bits per heavy atom. The summed E-state index contributed by atoms with van der Waals surface area (Å²) in [5.74, 6) is -3.14. The molecule has 2 unspecified atom stereocenters. The molecular weight excluding hydrogens is 566 g/mol. The summed E-state index contributed by atoms with van der Waals surface area (Å²) in [5, 5.41) is 6.20. The average Bonchev–Trinajstić information content (AvgIpc) is 3.49. The summed E-state index contributed by atoms with van der Waals surface area (Å²) >= 11 is 6.33. The van der Waals surface area contributed by atoms with Gasteiger partial charge in [0.25, 0.3) is 0 Å². The number of aromatic nitrogens is 1. The van der Waals surface area contributed by atoms with Gasteiger partial charge in [0.1, 0.15) is 11.6 Å². The third-order valence-corrected chi connectivity index (χ3v) is 8.44. The number of hydrogen-bond acceptors (Lipinski definition) is 7. The van der Waals surface area contributed by atoms with Gasteiger partial charge in [-0.25, -0.2) is 13.6 Å². The van der Waals surface area contributed by atoms with Crippen LogP contribution in [0.4, 0.5) is 13.6 Å². The van der Waals surface area contributed by atoms with E-state index in [0.29, 0.717) is 38.0 Å². The fourth-order valence-corrected chi connectivity index (χ4v) is 6.09. The van der Waals surface area contributed by atoms with Gasteiger partial charge in [-0.1, -0.05) is 17.7 Å². The minimum atomic E-state index is -0.931. The van der Waals surface area contributed by atoms with Crippen molar-refractivity contribution in [3.63, 3.8) is 0 Å². The molecule has 0 radical (unpaired) electrons. The van der Waals surface area contributed by atoms with Gasteiger partial charge in [-0.05, 0) is 74.3 Å². The SMILES string of the molecule is CC(=O)c1cc([C@@H]2CNC[C@H]2N(C)C(=O)Oc2ccc(F)cc2)c(C(=O)C2CCNC(c3ccccn3)C2)c(F)c1Cl. The second-order valence-corrected chi connectivity index (χ2v) is 11.1. The van der Waals surface area contributed by atoms with Crippen molar-refractivity contribution in [2.45, 2.75) is 37.8 Å². The molecule has 2 saturated heterocycles. The number of ketones is 2. The molecule has 2 aliphatic rings. The molecule has 8 nitrogen and oxygen atoms in total. The van der Waals surface area contributed by atoms with Gasteiger partial charge in [0.15, 0.2) is 17.4 Å². The first-order chi connectivity index (χ1) is 20.2. The van der Waals surface area contributed by atoms with E-state index in [9.17, 15) is 18.8 Å². The molecular formula is C31H31ClF2N4O4. The highest BCUT2D eigenvalue weighted by Gasteiger charge is 2.40. The van der Waals surface area contributed by atoms with Gasteiger partial charge in [0, 0.05) is 43.7 Å². The van der Waals surface area contributed by atoms with Gasteiger partial charge in [0.2, 0.25) is 0 Å². The first-order valence-corrected chi connectivity index (χ1v) is 14.2. The molecule has 2 fully saturated rings. The molecule has 2 aromatic carbocycles. The van der Waals surface area contributed by atoms with E-state index < -0.39 is 52.2 Å². The number of halogens is 3.